The lowest BCUT2D eigenvalue weighted by atomic mass is 9.99. The quantitative estimate of drug-likeness (QED) is 0.535. The topological polar surface area (TPSA) is 32.9 Å². The monoisotopic (exact) mass is 307 g/mol. The van der Waals surface area contributed by atoms with Gasteiger partial charge >= 0.3 is 6.18 Å². The van der Waals surface area contributed by atoms with Crippen molar-refractivity contribution in [3.63, 3.8) is 0 Å². The number of alkyl halides is 3. The minimum atomic E-state index is -4.46. The predicted octanol–water partition coefficient (Wildman–Crippen LogP) is 4.81. The number of carbonyl (C=O) groups excluding carboxylic acids is 1. The highest BCUT2D eigenvalue weighted by Crippen LogP contribution is 2.35. The smallest absolute Gasteiger partial charge is 0.360 e. The first-order chi connectivity index (χ1) is 10.4. The summed E-state index contributed by atoms with van der Waals surface area (Å²) in [5, 5.41) is 0.0740. The highest BCUT2D eigenvalue weighted by Gasteiger charge is 2.30. The van der Waals surface area contributed by atoms with Crippen LogP contribution in [0.4, 0.5) is 17.6 Å². The van der Waals surface area contributed by atoms with Gasteiger partial charge in [0.25, 0.3) is 0 Å². The summed E-state index contributed by atoms with van der Waals surface area (Å²) < 4.78 is 52.3. The molecule has 0 fully saturated rings. The molecule has 0 atom stereocenters. The lowest BCUT2D eigenvalue weighted by molar-refractivity contribution is -0.137. The van der Waals surface area contributed by atoms with Crippen LogP contribution in [0, 0.1) is 5.82 Å². The van der Waals surface area contributed by atoms with Crippen LogP contribution in [0.3, 0.4) is 0 Å². The fourth-order valence-corrected chi connectivity index (χ4v) is 2.43. The van der Waals surface area contributed by atoms with Gasteiger partial charge in [-0.25, -0.2) is 4.39 Å². The maximum atomic E-state index is 13.9. The van der Waals surface area contributed by atoms with Crippen LogP contribution in [-0.4, -0.2) is 11.3 Å². The number of aromatic amines is 1. The minimum Gasteiger partial charge on any atom is -0.360 e. The molecule has 0 spiro atoms. The van der Waals surface area contributed by atoms with E-state index >= 15 is 0 Å². The van der Waals surface area contributed by atoms with Crippen molar-refractivity contribution < 1.29 is 22.4 Å². The largest absolute Gasteiger partial charge is 0.416 e. The number of H-pyrrole nitrogens is 1. The molecule has 1 heterocycles. The van der Waals surface area contributed by atoms with E-state index in [0.29, 0.717) is 22.9 Å². The molecule has 1 aromatic heterocycles. The van der Waals surface area contributed by atoms with Crippen LogP contribution in [0.15, 0.2) is 42.6 Å². The summed E-state index contributed by atoms with van der Waals surface area (Å²) >= 11 is 0. The maximum Gasteiger partial charge on any atom is 0.416 e. The molecule has 0 radical (unpaired) electrons. The molecule has 0 aliphatic rings. The van der Waals surface area contributed by atoms with Crippen molar-refractivity contribution in [2.75, 3.05) is 0 Å². The van der Waals surface area contributed by atoms with Gasteiger partial charge in [0.15, 0.2) is 6.29 Å². The van der Waals surface area contributed by atoms with Gasteiger partial charge in [0, 0.05) is 22.7 Å². The van der Waals surface area contributed by atoms with Gasteiger partial charge < -0.3 is 4.98 Å². The van der Waals surface area contributed by atoms with Gasteiger partial charge in [-0.2, -0.15) is 13.2 Å². The average Bonchev–Trinajstić information content (AvgIpc) is 2.92. The minimum absolute atomic E-state index is 0.0740. The van der Waals surface area contributed by atoms with Crippen molar-refractivity contribution in [3.8, 4) is 11.1 Å². The number of halogens is 4. The molecule has 0 amide bonds. The van der Waals surface area contributed by atoms with Crippen LogP contribution in [0.5, 0.6) is 0 Å². The van der Waals surface area contributed by atoms with Crippen LogP contribution >= 0.6 is 0 Å². The summed E-state index contributed by atoms with van der Waals surface area (Å²) in [6, 6.07) is 7.28. The number of carbonyl (C=O) groups is 1. The third-order valence-electron chi connectivity index (χ3n) is 3.44. The Morgan fingerprint density at radius 2 is 1.86 bits per heavy atom. The van der Waals surface area contributed by atoms with Gasteiger partial charge in [-0.15, -0.1) is 0 Å². The molecule has 2 aromatic carbocycles. The van der Waals surface area contributed by atoms with E-state index in [1.807, 2.05) is 0 Å². The SMILES string of the molecule is O=Cc1c[nH]c2c(-c3cccc(C(F)(F)F)c3)ccc(F)c12. The summed E-state index contributed by atoms with van der Waals surface area (Å²) in [6.07, 6.45) is -2.63. The fraction of sp³-hybridized carbons (Fsp3) is 0.0625. The highest BCUT2D eigenvalue weighted by atomic mass is 19.4. The lowest BCUT2D eigenvalue weighted by Crippen LogP contribution is -2.04. The zero-order valence-corrected chi connectivity index (χ0v) is 11.0. The molecular formula is C16H9F4NO. The van der Waals surface area contributed by atoms with Gasteiger partial charge in [0.2, 0.25) is 0 Å². The molecule has 2 nitrogen and oxygen atoms in total. The molecule has 0 saturated carbocycles. The van der Waals surface area contributed by atoms with Gasteiger partial charge in [0.1, 0.15) is 5.82 Å². The van der Waals surface area contributed by atoms with E-state index in [9.17, 15) is 22.4 Å². The molecule has 0 unspecified atom stereocenters. The predicted molar refractivity (Wildman–Crippen MR) is 74.1 cm³/mol. The first-order valence-electron chi connectivity index (χ1n) is 6.34. The maximum absolute atomic E-state index is 13.9. The molecule has 6 heteroatoms. The van der Waals surface area contributed by atoms with Crippen LogP contribution in [0.1, 0.15) is 15.9 Å². The van der Waals surface area contributed by atoms with Crippen molar-refractivity contribution in [3.05, 3.63) is 59.5 Å². The number of rotatable bonds is 2. The van der Waals surface area contributed by atoms with Crippen molar-refractivity contribution in [1.29, 1.82) is 0 Å². The molecule has 0 aliphatic heterocycles. The molecule has 3 aromatic rings. The van der Waals surface area contributed by atoms with Crippen LogP contribution in [0.2, 0.25) is 0 Å². The van der Waals surface area contributed by atoms with E-state index in [1.165, 1.54) is 24.4 Å². The van der Waals surface area contributed by atoms with Crippen LogP contribution < -0.4 is 0 Å². The summed E-state index contributed by atoms with van der Waals surface area (Å²) in [4.78, 5) is 13.7. The molecular weight excluding hydrogens is 298 g/mol. The molecule has 3 rings (SSSR count). The molecule has 112 valence electrons. The lowest BCUT2D eigenvalue weighted by Gasteiger charge is -2.10. The van der Waals surface area contributed by atoms with E-state index in [0.717, 1.165) is 18.2 Å². The normalized spacial score (nSPS) is 11.8. The second kappa shape index (κ2) is 4.98. The molecule has 0 aliphatic carbocycles. The second-order valence-corrected chi connectivity index (χ2v) is 4.79. The zero-order chi connectivity index (χ0) is 15.9. The summed E-state index contributed by atoms with van der Waals surface area (Å²) in [5.41, 5.74) is 0.321. The third kappa shape index (κ3) is 2.26. The van der Waals surface area contributed by atoms with E-state index in [2.05, 4.69) is 4.98 Å². The third-order valence-corrected chi connectivity index (χ3v) is 3.44. The number of aromatic nitrogens is 1. The van der Waals surface area contributed by atoms with Gasteiger partial charge in [-0.3, -0.25) is 4.79 Å². The average molecular weight is 307 g/mol. The molecule has 22 heavy (non-hydrogen) atoms. The number of nitrogens with one attached hydrogen (secondary N) is 1. The zero-order valence-electron chi connectivity index (χ0n) is 11.0. The number of aldehydes is 1. The Bertz CT molecular complexity index is 864. The number of benzene rings is 2. The van der Waals surface area contributed by atoms with Crippen LogP contribution in [0.25, 0.3) is 22.0 Å². The van der Waals surface area contributed by atoms with Gasteiger partial charge in [0.05, 0.1) is 11.1 Å². The number of hydrogen-bond donors (Lipinski definition) is 1. The van der Waals surface area contributed by atoms with Crippen molar-refractivity contribution in [2.24, 2.45) is 0 Å². The number of fused-ring (bicyclic) bond motifs is 1. The fourth-order valence-electron chi connectivity index (χ4n) is 2.43. The molecule has 0 bridgehead atoms. The first-order valence-corrected chi connectivity index (χ1v) is 6.34. The Morgan fingerprint density at radius 3 is 2.55 bits per heavy atom. The van der Waals surface area contributed by atoms with E-state index in [-0.39, 0.29) is 10.9 Å². The Hall–Kier alpha value is -2.63. The molecule has 1 N–H and O–H groups in total. The Kier molecular flexibility index (Phi) is 3.24. The number of hydrogen-bond acceptors (Lipinski definition) is 1. The van der Waals surface area contributed by atoms with E-state index < -0.39 is 17.6 Å². The summed E-state index contributed by atoms with van der Waals surface area (Å²) in [6.45, 7) is 0. The van der Waals surface area contributed by atoms with Crippen LogP contribution in [-0.2, 0) is 6.18 Å². The summed E-state index contributed by atoms with van der Waals surface area (Å²) in [5.74, 6) is -0.603. The molecule has 0 saturated heterocycles. The van der Waals surface area contributed by atoms with E-state index in [4.69, 9.17) is 0 Å². The van der Waals surface area contributed by atoms with Crippen molar-refractivity contribution in [2.45, 2.75) is 6.18 Å². The first kappa shape index (κ1) is 14.3. The van der Waals surface area contributed by atoms with Crippen molar-refractivity contribution in [1.82, 2.24) is 4.98 Å². The van der Waals surface area contributed by atoms with E-state index in [1.54, 1.807) is 0 Å². The van der Waals surface area contributed by atoms with Gasteiger partial charge in [-0.05, 0) is 29.8 Å². The second-order valence-electron chi connectivity index (χ2n) is 4.79. The summed E-state index contributed by atoms with van der Waals surface area (Å²) in [7, 11) is 0. The standard InChI is InChI=1S/C16H9F4NO/c17-13-5-4-12(15-14(13)10(8-22)7-21-15)9-2-1-3-11(6-9)16(18,19)20/h1-8,21H. The Labute approximate surface area is 122 Å². The Balaban J connectivity index is 2.25. The van der Waals surface area contributed by atoms with Gasteiger partial charge in [-0.1, -0.05) is 12.1 Å². The Morgan fingerprint density at radius 1 is 1.09 bits per heavy atom. The van der Waals surface area contributed by atoms with Crippen molar-refractivity contribution >= 4 is 17.2 Å². The highest BCUT2D eigenvalue weighted by molar-refractivity contribution is 6.03.